The van der Waals surface area contributed by atoms with Gasteiger partial charge in [-0.3, -0.25) is 4.79 Å². The van der Waals surface area contributed by atoms with Crippen LogP contribution in [0.2, 0.25) is 0 Å². The molecule has 0 heterocycles. The Kier molecular flexibility index (Phi) is 4.79. The van der Waals surface area contributed by atoms with Gasteiger partial charge in [0.15, 0.2) is 0 Å². The molecule has 0 aromatic heterocycles. The van der Waals surface area contributed by atoms with Crippen LogP contribution in [0.3, 0.4) is 0 Å². The zero-order valence-corrected chi connectivity index (χ0v) is 9.82. The van der Waals surface area contributed by atoms with E-state index in [1.54, 1.807) is 14.2 Å². The summed E-state index contributed by atoms with van der Waals surface area (Å²) < 4.78 is 9.76. The maximum atomic E-state index is 11.4. The number of esters is 1. The molecule has 4 nitrogen and oxygen atoms in total. The fourth-order valence-electron chi connectivity index (χ4n) is 1.44. The van der Waals surface area contributed by atoms with Gasteiger partial charge in [-0.25, -0.2) is 0 Å². The number of benzene rings is 1. The first-order valence-electron chi connectivity index (χ1n) is 5.09. The predicted molar refractivity (Wildman–Crippen MR) is 61.6 cm³/mol. The summed E-state index contributed by atoms with van der Waals surface area (Å²) in [6, 6.07) is 7.31. The lowest BCUT2D eigenvalue weighted by molar-refractivity contribution is -0.142. The SMILES string of the molecule is CN[C@H](Cc1ccc(OC)cc1)C(=O)OC. The number of carbonyl (C=O) groups excluding carboxylic acids is 1. The number of methoxy groups -OCH3 is 2. The fourth-order valence-corrected chi connectivity index (χ4v) is 1.44. The van der Waals surface area contributed by atoms with Crippen LogP contribution in [0.5, 0.6) is 5.75 Å². The molecule has 88 valence electrons. The standard InChI is InChI=1S/C12H17NO3/c1-13-11(12(14)16-3)8-9-4-6-10(15-2)7-5-9/h4-7,11,13H,8H2,1-3H3/t11-/m1/s1. The number of ether oxygens (including phenoxy) is 2. The summed E-state index contributed by atoms with van der Waals surface area (Å²) in [5, 5.41) is 2.92. The minimum absolute atomic E-state index is 0.252. The third-order valence-electron chi connectivity index (χ3n) is 2.43. The van der Waals surface area contributed by atoms with E-state index in [2.05, 4.69) is 5.32 Å². The van der Waals surface area contributed by atoms with Crippen LogP contribution in [0.1, 0.15) is 5.56 Å². The second kappa shape index (κ2) is 6.12. The lowest BCUT2D eigenvalue weighted by Crippen LogP contribution is -2.36. The Morgan fingerprint density at radius 1 is 1.31 bits per heavy atom. The number of likely N-dealkylation sites (N-methyl/N-ethyl adjacent to an activating group) is 1. The summed E-state index contributed by atoms with van der Waals surface area (Å²) >= 11 is 0. The summed E-state index contributed by atoms with van der Waals surface area (Å²) in [6.07, 6.45) is 0.604. The summed E-state index contributed by atoms with van der Waals surface area (Å²) in [5.74, 6) is 0.557. The number of nitrogens with one attached hydrogen (secondary N) is 1. The van der Waals surface area contributed by atoms with E-state index in [-0.39, 0.29) is 12.0 Å². The fraction of sp³-hybridized carbons (Fsp3) is 0.417. The Morgan fingerprint density at radius 3 is 2.38 bits per heavy atom. The largest absolute Gasteiger partial charge is 0.497 e. The topological polar surface area (TPSA) is 47.6 Å². The third-order valence-corrected chi connectivity index (χ3v) is 2.43. The van der Waals surface area contributed by atoms with E-state index in [0.717, 1.165) is 11.3 Å². The zero-order chi connectivity index (χ0) is 12.0. The van der Waals surface area contributed by atoms with E-state index in [9.17, 15) is 4.79 Å². The first-order valence-corrected chi connectivity index (χ1v) is 5.09. The predicted octanol–water partition coefficient (Wildman–Crippen LogP) is 0.999. The van der Waals surface area contributed by atoms with Gasteiger partial charge >= 0.3 is 5.97 Å². The van der Waals surface area contributed by atoms with Crippen LogP contribution in [0.4, 0.5) is 0 Å². The summed E-state index contributed by atoms with van der Waals surface area (Å²) in [6.45, 7) is 0. The van der Waals surface area contributed by atoms with Gasteiger partial charge in [-0.15, -0.1) is 0 Å². The van der Waals surface area contributed by atoms with E-state index >= 15 is 0 Å². The van der Waals surface area contributed by atoms with Gasteiger partial charge in [0.1, 0.15) is 11.8 Å². The highest BCUT2D eigenvalue weighted by Crippen LogP contribution is 2.12. The maximum absolute atomic E-state index is 11.4. The molecule has 0 saturated heterocycles. The van der Waals surface area contributed by atoms with Crippen LogP contribution in [0, 0.1) is 0 Å². The molecule has 0 aliphatic carbocycles. The number of hydrogen-bond acceptors (Lipinski definition) is 4. The molecule has 0 aliphatic heterocycles. The molecule has 0 fully saturated rings. The molecule has 0 radical (unpaired) electrons. The Bertz CT molecular complexity index is 335. The molecule has 1 aromatic carbocycles. The molecule has 0 saturated carbocycles. The molecule has 0 aliphatic rings. The van der Waals surface area contributed by atoms with Crippen LogP contribution in [0.15, 0.2) is 24.3 Å². The van der Waals surface area contributed by atoms with Crippen LogP contribution in [-0.2, 0) is 16.0 Å². The molecule has 0 unspecified atom stereocenters. The number of carbonyl (C=O) groups is 1. The molecule has 1 atom stereocenters. The second-order valence-corrected chi connectivity index (χ2v) is 3.42. The van der Waals surface area contributed by atoms with Gasteiger partial charge in [-0.1, -0.05) is 12.1 Å². The summed E-state index contributed by atoms with van der Waals surface area (Å²) in [7, 11) is 4.76. The van der Waals surface area contributed by atoms with E-state index < -0.39 is 0 Å². The quantitative estimate of drug-likeness (QED) is 0.756. The van der Waals surface area contributed by atoms with Crippen LogP contribution in [-0.4, -0.2) is 33.3 Å². The van der Waals surface area contributed by atoms with E-state index in [1.165, 1.54) is 7.11 Å². The third kappa shape index (κ3) is 3.24. The summed E-state index contributed by atoms with van der Waals surface area (Å²) in [5.41, 5.74) is 1.06. The Labute approximate surface area is 95.6 Å². The molecule has 1 N–H and O–H groups in total. The average molecular weight is 223 g/mol. The molecule has 0 spiro atoms. The highest BCUT2D eigenvalue weighted by molar-refractivity contribution is 5.76. The highest BCUT2D eigenvalue weighted by Gasteiger charge is 2.16. The van der Waals surface area contributed by atoms with Crippen molar-refractivity contribution in [2.24, 2.45) is 0 Å². The van der Waals surface area contributed by atoms with Crippen LogP contribution >= 0.6 is 0 Å². The van der Waals surface area contributed by atoms with Crippen molar-refractivity contribution in [3.8, 4) is 5.75 Å². The Balaban J connectivity index is 2.66. The minimum atomic E-state index is -0.307. The van der Waals surface area contributed by atoms with Crippen molar-refractivity contribution in [2.45, 2.75) is 12.5 Å². The average Bonchev–Trinajstić information content (AvgIpc) is 2.35. The molecular weight excluding hydrogens is 206 g/mol. The van der Waals surface area contributed by atoms with Crippen LogP contribution < -0.4 is 10.1 Å². The van der Waals surface area contributed by atoms with Gasteiger partial charge in [-0.05, 0) is 31.2 Å². The molecule has 16 heavy (non-hydrogen) atoms. The smallest absolute Gasteiger partial charge is 0.323 e. The monoisotopic (exact) mass is 223 g/mol. The van der Waals surface area contributed by atoms with Gasteiger partial charge in [0.25, 0.3) is 0 Å². The van der Waals surface area contributed by atoms with E-state index in [4.69, 9.17) is 9.47 Å². The van der Waals surface area contributed by atoms with Crippen molar-refractivity contribution in [2.75, 3.05) is 21.3 Å². The molecular formula is C12H17NO3. The lowest BCUT2D eigenvalue weighted by atomic mass is 10.1. The number of hydrogen-bond donors (Lipinski definition) is 1. The van der Waals surface area contributed by atoms with Crippen LogP contribution in [0.25, 0.3) is 0 Å². The van der Waals surface area contributed by atoms with Gasteiger partial charge < -0.3 is 14.8 Å². The van der Waals surface area contributed by atoms with Crippen molar-refractivity contribution in [3.63, 3.8) is 0 Å². The molecule has 1 rings (SSSR count). The van der Waals surface area contributed by atoms with Crippen molar-refractivity contribution in [1.29, 1.82) is 0 Å². The molecule has 1 aromatic rings. The number of rotatable bonds is 5. The first kappa shape index (κ1) is 12.5. The van der Waals surface area contributed by atoms with Gasteiger partial charge in [0, 0.05) is 0 Å². The minimum Gasteiger partial charge on any atom is -0.497 e. The van der Waals surface area contributed by atoms with Crippen molar-refractivity contribution >= 4 is 5.97 Å². The first-order chi connectivity index (χ1) is 7.71. The molecule has 4 heteroatoms. The van der Waals surface area contributed by atoms with Gasteiger partial charge in [0.05, 0.1) is 14.2 Å². The van der Waals surface area contributed by atoms with Crippen molar-refractivity contribution in [3.05, 3.63) is 29.8 Å². The molecule has 0 bridgehead atoms. The lowest BCUT2D eigenvalue weighted by Gasteiger charge is -2.13. The van der Waals surface area contributed by atoms with E-state index in [0.29, 0.717) is 6.42 Å². The maximum Gasteiger partial charge on any atom is 0.323 e. The molecule has 0 amide bonds. The normalized spacial score (nSPS) is 11.9. The van der Waals surface area contributed by atoms with E-state index in [1.807, 2.05) is 24.3 Å². The van der Waals surface area contributed by atoms with Gasteiger partial charge in [-0.2, -0.15) is 0 Å². The zero-order valence-electron chi connectivity index (χ0n) is 9.82. The van der Waals surface area contributed by atoms with Crippen molar-refractivity contribution in [1.82, 2.24) is 5.32 Å². The van der Waals surface area contributed by atoms with Crippen molar-refractivity contribution < 1.29 is 14.3 Å². The Morgan fingerprint density at radius 2 is 1.94 bits per heavy atom. The second-order valence-electron chi connectivity index (χ2n) is 3.42. The van der Waals surface area contributed by atoms with Gasteiger partial charge in [0.2, 0.25) is 0 Å². The summed E-state index contributed by atoms with van der Waals surface area (Å²) in [4.78, 5) is 11.4. The Hall–Kier alpha value is -1.55. The highest BCUT2D eigenvalue weighted by atomic mass is 16.5.